The number of urea groups is 1. The number of nitrogens with zero attached hydrogens (tertiary/aromatic N) is 3. The molecule has 1 aliphatic carbocycles. The van der Waals surface area contributed by atoms with Gasteiger partial charge in [0, 0.05) is 17.8 Å². The van der Waals surface area contributed by atoms with Crippen molar-refractivity contribution >= 4 is 11.7 Å². The first-order valence-corrected chi connectivity index (χ1v) is 8.78. The molecule has 8 nitrogen and oxygen atoms in total. The van der Waals surface area contributed by atoms with Crippen molar-refractivity contribution < 1.29 is 23.0 Å². The Kier molecular flexibility index (Phi) is 4.33. The highest BCUT2D eigenvalue weighted by atomic mass is 19.3. The zero-order valence-corrected chi connectivity index (χ0v) is 14.6. The van der Waals surface area contributed by atoms with Gasteiger partial charge in [0.15, 0.2) is 17.3 Å². The second kappa shape index (κ2) is 6.67. The number of halogens is 2. The molecule has 0 saturated heterocycles. The fourth-order valence-electron chi connectivity index (χ4n) is 3.48. The number of carbonyl (C=O) groups excluding carboxylic acids is 1. The molecule has 2 aromatic rings. The van der Waals surface area contributed by atoms with Gasteiger partial charge >= 0.3 is 12.3 Å². The summed E-state index contributed by atoms with van der Waals surface area (Å²) in [6, 6.07) is 3.54. The topological polar surface area (TPSA) is 90.3 Å². The van der Waals surface area contributed by atoms with E-state index in [1.807, 2.05) is 11.5 Å². The Morgan fingerprint density at radius 2 is 2.04 bits per heavy atom. The largest absolute Gasteiger partial charge is 0.586 e. The summed E-state index contributed by atoms with van der Waals surface area (Å²) in [5.74, 6) is 0.471. The number of benzene rings is 1. The van der Waals surface area contributed by atoms with Crippen LogP contribution in [0.5, 0.6) is 11.5 Å². The van der Waals surface area contributed by atoms with Crippen LogP contribution in [0.1, 0.15) is 50.5 Å². The predicted octanol–water partition coefficient (Wildman–Crippen LogP) is 3.60. The van der Waals surface area contributed by atoms with E-state index in [1.54, 1.807) is 6.33 Å². The molecule has 1 aliphatic heterocycles. The lowest BCUT2D eigenvalue weighted by Gasteiger charge is -2.19. The summed E-state index contributed by atoms with van der Waals surface area (Å²) in [7, 11) is 0. The monoisotopic (exact) mass is 379 g/mol. The maximum atomic E-state index is 13.1. The molecule has 0 bridgehead atoms. The lowest BCUT2D eigenvalue weighted by molar-refractivity contribution is -0.286. The third kappa shape index (κ3) is 3.64. The molecule has 1 saturated carbocycles. The van der Waals surface area contributed by atoms with E-state index in [-0.39, 0.29) is 17.5 Å². The van der Waals surface area contributed by atoms with Crippen LogP contribution in [0.3, 0.4) is 0 Å². The Morgan fingerprint density at radius 1 is 1.30 bits per heavy atom. The molecule has 144 valence electrons. The first-order chi connectivity index (χ1) is 12.9. The molecule has 1 aromatic heterocycles. The van der Waals surface area contributed by atoms with Gasteiger partial charge in [-0.3, -0.25) is 0 Å². The molecule has 0 unspecified atom stereocenters. The number of carbonyl (C=O) groups is 1. The van der Waals surface area contributed by atoms with Gasteiger partial charge in [-0.1, -0.05) is 12.8 Å². The second-order valence-corrected chi connectivity index (χ2v) is 6.68. The van der Waals surface area contributed by atoms with Crippen molar-refractivity contribution in [1.82, 2.24) is 20.1 Å². The number of nitrogens with one attached hydrogen (secondary N) is 2. The van der Waals surface area contributed by atoms with Crippen molar-refractivity contribution in [2.24, 2.45) is 0 Å². The normalized spacial score (nSPS) is 19.1. The summed E-state index contributed by atoms with van der Waals surface area (Å²) < 4.78 is 36.9. The highest BCUT2D eigenvalue weighted by molar-refractivity contribution is 5.89. The molecule has 0 radical (unpaired) electrons. The second-order valence-electron chi connectivity index (χ2n) is 6.68. The van der Waals surface area contributed by atoms with Crippen molar-refractivity contribution in [2.75, 3.05) is 5.32 Å². The minimum Gasteiger partial charge on any atom is -0.395 e. The summed E-state index contributed by atoms with van der Waals surface area (Å²) >= 11 is 0. The molecule has 10 heteroatoms. The van der Waals surface area contributed by atoms with Crippen molar-refractivity contribution in [3.05, 3.63) is 30.4 Å². The number of ether oxygens (including phenoxy) is 2. The Labute approximate surface area is 153 Å². The summed E-state index contributed by atoms with van der Waals surface area (Å²) in [4.78, 5) is 12.3. The molecule has 2 N–H and O–H groups in total. The first-order valence-electron chi connectivity index (χ1n) is 8.78. The Hall–Kier alpha value is -2.91. The Morgan fingerprint density at radius 3 is 2.81 bits per heavy atom. The minimum absolute atomic E-state index is 0.0796. The van der Waals surface area contributed by atoms with Crippen molar-refractivity contribution in [3.63, 3.8) is 0 Å². The first kappa shape index (κ1) is 17.5. The van der Waals surface area contributed by atoms with Crippen LogP contribution in [0.4, 0.5) is 19.3 Å². The summed E-state index contributed by atoms with van der Waals surface area (Å²) in [6.07, 6.45) is 2.50. The molecule has 2 heterocycles. The van der Waals surface area contributed by atoms with Gasteiger partial charge in [-0.2, -0.15) is 0 Å². The van der Waals surface area contributed by atoms with Crippen LogP contribution in [0, 0.1) is 0 Å². The lowest BCUT2D eigenvalue weighted by atomic mass is 10.2. The third-order valence-corrected chi connectivity index (χ3v) is 4.71. The maximum Gasteiger partial charge on any atom is 0.586 e. The highest BCUT2D eigenvalue weighted by Gasteiger charge is 2.43. The van der Waals surface area contributed by atoms with Crippen LogP contribution in [0.25, 0.3) is 0 Å². The van der Waals surface area contributed by atoms with Crippen LogP contribution < -0.4 is 20.1 Å². The van der Waals surface area contributed by atoms with Gasteiger partial charge in [-0.15, -0.1) is 19.0 Å². The molecule has 27 heavy (non-hydrogen) atoms. The number of hydrogen-bond donors (Lipinski definition) is 2. The molecule has 1 aromatic carbocycles. The van der Waals surface area contributed by atoms with Gasteiger partial charge in [0.1, 0.15) is 6.33 Å². The molecule has 2 amide bonds. The van der Waals surface area contributed by atoms with Gasteiger partial charge in [-0.25, -0.2) is 4.79 Å². The van der Waals surface area contributed by atoms with Crippen molar-refractivity contribution in [2.45, 2.75) is 51.0 Å². The van der Waals surface area contributed by atoms with Crippen LogP contribution in [-0.2, 0) is 0 Å². The third-order valence-electron chi connectivity index (χ3n) is 4.71. The molecule has 2 aliphatic rings. The van der Waals surface area contributed by atoms with E-state index in [0.717, 1.165) is 12.8 Å². The molecule has 1 atom stereocenters. The highest BCUT2D eigenvalue weighted by Crippen LogP contribution is 2.42. The van der Waals surface area contributed by atoms with Gasteiger partial charge in [0.25, 0.3) is 0 Å². The van der Waals surface area contributed by atoms with E-state index < -0.39 is 12.3 Å². The number of fused-ring (bicyclic) bond motifs is 1. The number of alkyl halides is 2. The average Bonchev–Trinajstić information content (AvgIpc) is 3.31. The van der Waals surface area contributed by atoms with Crippen molar-refractivity contribution in [1.29, 1.82) is 0 Å². The quantitative estimate of drug-likeness (QED) is 0.847. The fraction of sp³-hybridized carbons (Fsp3) is 0.471. The molecule has 4 rings (SSSR count). The zero-order valence-electron chi connectivity index (χ0n) is 14.6. The van der Waals surface area contributed by atoms with Crippen LogP contribution in [0.15, 0.2) is 24.5 Å². The Bertz CT molecular complexity index is 851. The van der Waals surface area contributed by atoms with Crippen LogP contribution in [0.2, 0.25) is 0 Å². The molecular weight excluding hydrogens is 360 g/mol. The number of hydrogen-bond acceptors (Lipinski definition) is 5. The average molecular weight is 379 g/mol. The number of rotatable bonds is 4. The van der Waals surface area contributed by atoms with Gasteiger partial charge in [0.2, 0.25) is 0 Å². The SMILES string of the molecule is C[C@H](NC(=O)Nc1ccc2c(c1)OC(F)(F)O2)c1nncn1C1CCCC1. The van der Waals surface area contributed by atoms with E-state index in [1.165, 1.54) is 31.0 Å². The number of amides is 2. The Balaban J connectivity index is 1.40. The molecular formula is C17H19F2N5O3. The van der Waals surface area contributed by atoms with Crippen LogP contribution in [-0.4, -0.2) is 27.1 Å². The van der Waals surface area contributed by atoms with E-state index in [4.69, 9.17) is 0 Å². The van der Waals surface area contributed by atoms with Crippen LogP contribution >= 0.6 is 0 Å². The van der Waals surface area contributed by atoms with Gasteiger partial charge < -0.3 is 24.7 Å². The summed E-state index contributed by atoms with van der Waals surface area (Å²) in [5, 5.41) is 13.5. The zero-order chi connectivity index (χ0) is 19.0. The molecule has 1 fully saturated rings. The lowest BCUT2D eigenvalue weighted by Crippen LogP contribution is -2.32. The standard InChI is InChI=1S/C17H19F2N5O3/c1-10(15-23-20-9-24(15)12-4-2-3-5-12)21-16(25)22-11-6-7-13-14(8-11)27-17(18,19)26-13/h6-10,12H,2-5H2,1H3,(H2,21,22,25)/t10-/m0/s1. The van der Waals surface area contributed by atoms with E-state index in [9.17, 15) is 13.6 Å². The van der Waals surface area contributed by atoms with Gasteiger partial charge in [0.05, 0.1) is 6.04 Å². The maximum absolute atomic E-state index is 13.1. The summed E-state index contributed by atoms with van der Waals surface area (Å²) in [5.41, 5.74) is 0.303. The number of aromatic nitrogens is 3. The minimum atomic E-state index is -3.69. The van der Waals surface area contributed by atoms with E-state index >= 15 is 0 Å². The predicted molar refractivity (Wildman–Crippen MR) is 90.7 cm³/mol. The summed E-state index contributed by atoms with van der Waals surface area (Å²) in [6.45, 7) is 1.81. The molecule has 0 spiro atoms. The van der Waals surface area contributed by atoms with Gasteiger partial charge in [-0.05, 0) is 31.9 Å². The van der Waals surface area contributed by atoms with E-state index in [0.29, 0.717) is 17.6 Å². The number of anilines is 1. The smallest absolute Gasteiger partial charge is 0.395 e. The fourth-order valence-corrected chi connectivity index (χ4v) is 3.48. The van der Waals surface area contributed by atoms with E-state index in [2.05, 4.69) is 30.3 Å². The van der Waals surface area contributed by atoms with Crippen molar-refractivity contribution in [3.8, 4) is 11.5 Å².